The molecular weight excluding hydrogens is 555 g/mol. The van der Waals surface area contributed by atoms with E-state index in [-0.39, 0.29) is 48.4 Å². The van der Waals surface area contributed by atoms with Gasteiger partial charge in [-0.1, -0.05) is 12.1 Å². The van der Waals surface area contributed by atoms with Crippen LogP contribution in [0.5, 0.6) is 11.5 Å². The fourth-order valence-electron chi connectivity index (χ4n) is 3.50. The summed E-state index contributed by atoms with van der Waals surface area (Å²) < 4.78 is 74.2. The van der Waals surface area contributed by atoms with Crippen molar-refractivity contribution in [1.82, 2.24) is 10.0 Å². The van der Waals surface area contributed by atoms with Gasteiger partial charge in [0.25, 0.3) is 5.91 Å². The number of halogens is 3. The van der Waals surface area contributed by atoms with Crippen molar-refractivity contribution >= 4 is 21.9 Å². The molecule has 4 N–H and O–H groups in total. The van der Waals surface area contributed by atoms with Crippen molar-refractivity contribution in [2.24, 2.45) is 0 Å². The number of nitrogens with one attached hydrogen (secondary N) is 2. The van der Waals surface area contributed by atoms with E-state index < -0.39 is 56.6 Å². The summed E-state index contributed by atoms with van der Waals surface area (Å²) in [6.45, 7) is -0.943. The molecule has 0 saturated heterocycles. The first-order valence-electron chi connectivity index (χ1n) is 11.5. The summed E-state index contributed by atoms with van der Waals surface area (Å²) in [6.07, 6.45) is -0.332. The van der Waals surface area contributed by atoms with Gasteiger partial charge in [-0.2, -0.15) is 5.26 Å². The second-order valence-electron chi connectivity index (χ2n) is 8.30. The molecule has 0 unspecified atom stereocenters. The fourth-order valence-corrected chi connectivity index (χ4v) is 4.65. The molecular formula is C26H22F3N3O7S. The smallest absolute Gasteiger partial charge is 0.305 e. The second-order valence-corrected chi connectivity index (χ2v) is 10.0. The number of amides is 1. The zero-order valence-electron chi connectivity index (χ0n) is 20.6. The van der Waals surface area contributed by atoms with E-state index in [0.717, 1.165) is 24.3 Å². The molecule has 0 aromatic heterocycles. The number of hydrogen-bond donors (Lipinski definition) is 4. The Labute approximate surface area is 226 Å². The molecule has 1 amide bonds. The van der Waals surface area contributed by atoms with Crippen LogP contribution in [0, 0.1) is 28.8 Å². The number of hydrogen-bond acceptors (Lipinski definition) is 7. The number of rotatable bonds is 12. The third-order valence-electron chi connectivity index (χ3n) is 5.47. The molecule has 40 heavy (non-hydrogen) atoms. The lowest BCUT2D eigenvalue weighted by molar-refractivity contribution is -0.137. The lowest BCUT2D eigenvalue weighted by atomic mass is 10.0. The quantitative estimate of drug-likeness (QED) is 0.239. The van der Waals surface area contributed by atoms with Crippen LogP contribution in [0.2, 0.25) is 0 Å². The number of nitriles is 1. The number of nitrogens with zero attached hydrogens (tertiary/aromatic N) is 1. The van der Waals surface area contributed by atoms with E-state index >= 15 is 0 Å². The minimum Gasteiger partial charge on any atom is -0.507 e. The van der Waals surface area contributed by atoms with Gasteiger partial charge in [-0.25, -0.2) is 26.3 Å². The zero-order chi connectivity index (χ0) is 29.4. The standard InChI is InChI=1S/C26H22F3N3O7S/c27-19-10-18(11-20(28)26(19)29)17-3-2-16(22(12-17)39-14-24(34)31-7-6-25(35)36)5-8-32-40(37,38)23-9-15(13-30)1-4-21(23)33/h1-4,9-12,32-33H,5-8,14H2,(H,31,34)(H,35,36). The number of benzene rings is 3. The van der Waals surface area contributed by atoms with Gasteiger partial charge < -0.3 is 20.3 Å². The normalized spacial score (nSPS) is 11.1. The maximum atomic E-state index is 13.8. The fraction of sp³-hybridized carbons (Fsp3) is 0.192. The lowest BCUT2D eigenvalue weighted by Gasteiger charge is -2.15. The Morgan fingerprint density at radius 1 is 0.975 bits per heavy atom. The van der Waals surface area contributed by atoms with Crippen molar-refractivity contribution < 1.29 is 46.1 Å². The van der Waals surface area contributed by atoms with E-state index in [2.05, 4.69) is 10.0 Å². The van der Waals surface area contributed by atoms with Crippen molar-refractivity contribution in [3.05, 3.63) is 77.1 Å². The molecule has 0 bridgehead atoms. The molecule has 0 aliphatic heterocycles. The van der Waals surface area contributed by atoms with Gasteiger partial charge in [0.2, 0.25) is 10.0 Å². The minimum absolute atomic E-state index is 0.0136. The van der Waals surface area contributed by atoms with Crippen LogP contribution in [-0.2, 0) is 26.0 Å². The van der Waals surface area contributed by atoms with E-state index in [1.807, 2.05) is 0 Å². The number of phenolic OH excluding ortho intramolecular Hbond substituents is 1. The lowest BCUT2D eigenvalue weighted by Crippen LogP contribution is -2.31. The Hall–Kier alpha value is -4.61. The van der Waals surface area contributed by atoms with Crippen molar-refractivity contribution in [2.75, 3.05) is 19.7 Å². The topological polar surface area (TPSA) is 166 Å². The summed E-state index contributed by atoms with van der Waals surface area (Å²) in [5.74, 6) is -6.80. The van der Waals surface area contributed by atoms with Crippen LogP contribution in [-0.4, -0.2) is 50.2 Å². The van der Waals surface area contributed by atoms with Crippen LogP contribution in [0.25, 0.3) is 11.1 Å². The Balaban J connectivity index is 1.82. The first-order valence-corrected chi connectivity index (χ1v) is 13.0. The molecule has 0 radical (unpaired) electrons. The minimum atomic E-state index is -4.24. The number of carboxylic acid groups (broad SMARTS) is 1. The number of carbonyl (C=O) groups excluding carboxylic acids is 1. The number of sulfonamides is 1. The zero-order valence-corrected chi connectivity index (χ0v) is 21.4. The van der Waals surface area contributed by atoms with Crippen LogP contribution < -0.4 is 14.8 Å². The summed E-state index contributed by atoms with van der Waals surface area (Å²) in [7, 11) is -4.24. The van der Waals surface area contributed by atoms with Crippen molar-refractivity contribution in [3.8, 4) is 28.7 Å². The summed E-state index contributed by atoms with van der Waals surface area (Å²) in [6, 6.07) is 10.8. The van der Waals surface area contributed by atoms with Gasteiger partial charge in [-0.3, -0.25) is 9.59 Å². The first kappa shape index (κ1) is 29.9. The maximum Gasteiger partial charge on any atom is 0.305 e. The summed E-state index contributed by atoms with van der Waals surface area (Å²) >= 11 is 0. The van der Waals surface area contributed by atoms with E-state index in [0.29, 0.717) is 5.56 Å². The third-order valence-corrected chi connectivity index (χ3v) is 6.96. The SMILES string of the molecule is N#Cc1ccc(O)c(S(=O)(=O)NCCc2ccc(-c3cc(F)c(F)c(F)c3)cc2OCC(=O)NCCC(=O)O)c1. The molecule has 0 saturated carbocycles. The highest BCUT2D eigenvalue weighted by atomic mass is 32.2. The van der Waals surface area contributed by atoms with Gasteiger partial charge in [0.1, 0.15) is 16.4 Å². The van der Waals surface area contributed by atoms with Crippen molar-refractivity contribution in [1.29, 1.82) is 5.26 Å². The molecule has 0 aliphatic rings. The van der Waals surface area contributed by atoms with E-state index in [4.69, 9.17) is 15.1 Å². The van der Waals surface area contributed by atoms with Crippen molar-refractivity contribution in [2.45, 2.75) is 17.7 Å². The molecule has 0 fully saturated rings. The number of phenols is 1. The average Bonchev–Trinajstić information content (AvgIpc) is 2.90. The Morgan fingerprint density at radius 3 is 2.33 bits per heavy atom. The largest absolute Gasteiger partial charge is 0.507 e. The molecule has 3 aromatic carbocycles. The van der Waals surface area contributed by atoms with E-state index in [9.17, 15) is 36.3 Å². The summed E-state index contributed by atoms with van der Waals surface area (Å²) in [5, 5.41) is 30.0. The number of aliphatic carboxylic acids is 1. The first-order chi connectivity index (χ1) is 18.9. The molecule has 3 rings (SSSR count). The Morgan fingerprint density at radius 2 is 1.68 bits per heavy atom. The highest BCUT2D eigenvalue weighted by Crippen LogP contribution is 2.30. The van der Waals surface area contributed by atoms with Gasteiger partial charge in [0.05, 0.1) is 18.1 Å². The monoisotopic (exact) mass is 577 g/mol. The Bertz CT molecular complexity index is 1570. The number of carboxylic acids is 1. The molecule has 0 spiro atoms. The van der Waals surface area contributed by atoms with Crippen LogP contribution in [0.3, 0.4) is 0 Å². The van der Waals surface area contributed by atoms with Crippen LogP contribution in [0.4, 0.5) is 13.2 Å². The molecule has 0 atom stereocenters. The van der Waals surface area contributed by atoms with Crippen LogP contribution >= 0.6 is 0 Å². The molecule has 14 heteroatoms. The summed E-state index contributed by atoms with van der Waals surface area (Å²) in [4.78, 5) is 22.2. The van der Waals surface area contributed by atoms with Gasteiger partial charge in [0.15, 0.2) is 24.1 Å². The maximum absolute atomic E-state index is 13.8. The predicted molar refractivity (Wildman–Crippen MR) is 134 cm³/mol. The van der Waals surface area contributed by atoms with E-state index in [1.165, 1.54) is 24.3 Å². The molecule has 210 valence electrons. The van der Waals surface area contributed by atoms with Crippen LogP contribution in [0.1, 0.15) is 17.5 Å². The molecule has 10 nitrogen and oxygen atoms in total. The summed E-state index contributed by atoms with van der Waals surface area (Å²) in [5.41, 5.74) is 0.538. The number of carbonyl (C=O) groups is 2. The van der Waals surface area contributed by atoms with Gasteiger partial charge in [0, 0.05) is 13.1 Å². The van der Waals surface area contributed by atoms with E-state index in [1.54, 1.807) is 6.07 Å². The predicted octanol–water partition coefficient (Wildman–Crippen LogP) is 2.84. The highest BCUT2D eigenvalue weighted by Gasteiger charge is 2.20. The average molecular weight is 578 g/mol. The molecule has 3 aromatic rings. The van der Waals surface area contributed by atoms with Crippen LogP contribution in [0.15, 0.2) is 53.4 Å². The second kappa shape index (κ2) is 13.0. The van der Waals surface area contributed by atoms with Gasteiger partial charge in [-0.15, -0.1) is 0 Å². The third kappa shape index (κ3) is 7.71. The number of ether oxygens (including phenoxy) is 1. The number of aromatic hydroxyl groups is 1. The van der Waals surface area contributed by atoms with Crippen molar-refractivity contribution in [3.63, 3.8) is 0 Å². The molecule has 0 aliphatic carbocycles. The highest BCUT2D eigenvalue weighted by molar-refractivity contribution is 7.89. The van der Waals surface area contributed by atoms with Gasteiger partial charge >= 0.3 is 5.97 Å². The Kier molecular flexibility index (Phi) is 9.70. The molecule has 0 heterocycles. The van der Waals surface area contributed by atoms with Gasteiger partial charge in [-0.05, 0) is 59.5 Å².